The van der Waals surface area contributed by atoms with Crippen molar-refractivity contribution in [2.45, 2.75) is 26.3 Å². The Morgan fingerprint density at radius 1 is 1.39 bits per heavy atom. The fraction of sp³-hybridized carbons (Fsp3) is 0.600. The molecular formula is C15H26N2O. The summed E-state index contributed by atoms with van der Waals surface area (Å²) in [5, 5.41) is 3.41. The third-order valence-electron chi connectivity index (χ3n) is 3.67. The zero-order chi connectivity index (χ0) is 13.5. The van der Waals surface area contributed by atoms with Gasteiger partial charge in [-0.05, 0) is 25.1 Å². The molecule has 0 radical (unpaired) electrons. The van der Waals surface area contributed by atoms with Gasteiger partial charge in [-0.1, -0.05) is 26.3 Å². The lowest BCUT2D eigenvalue weighted by Crippen LogP contribution is -2.42. The number of anilines is 1. The number of ether oxygens (including phenoxy) is 1. The van der Waals surface area contributed by atoms with Crippen molar-refractivity contribution in [2.24, 2.45) is 5.92 Å². The number of hydrogen-bond acceptors (Lipinski definition) is 3. The summed E-state index contributed by atoms with van der Waals surface area (Å²) < 4.78 is 5.26. The number of nitrogens with zero attached hydrogens (tertiary/aromatic N) is 1. The summed E-state index contributed by atoms with van der Waals surface area (Å²) in [5.41, 5.74) is 1.19. The highest BCUT2D eigenvalue weighted by atomic mass is 16.5. The second-order valence-electron chi connectivity index (χ2n) is 4.86. The van der Waals surface area contributed by atoms with Crippen molar-refractivity contribution in [1.29, 1.82) is 0 Å². The molecule has 0 aromatic heterocycles. The molecule has 0 amide bonds. The third kappa shape index (κ3) is 3.91. The normalized spacial score (nSPS) is 14.1. The minimum atomic E-state index is 0.506. The first-order valence-electron chi connectivity index (χ1n) is 6.64. The van der Waals surface area contributed by atoms with Crippen LogP contribution in [0.5, 0.6) is 5.75 Å². The molecule has 0 aliphatic carbocycles. The van der Waals surface area contributed by atoms with E-state index in [1.807, 2.05) is 19.2 Å². The smallest absolute Gasteiger partial charge is 0.120 e. The Hall–Kier alpha value is -1.22. The number of likely N-dealkylation sites (N-methyl/N-ethyl adjacent to an activating group) is 2. The third-order valence-corrected chi connectivity index (χ3v) is 3.67. The van der Waals surface area contributed by atoms with Gasteiger partial charge in [-0.2, -0.15) is 0 Å². The average molecular weight is 250 g/mol. The molecule has 0 saturated heterocycles. The van der Waals surface area contributed by atoms with Crippen LogP contribution in [-0.4, -0.2) is 33.8 Å². The molecule has 1 N–H and O–H groups in total. The van der Waals surface area contributed by atoms with E-state index in [1.165, 1.54) is 12.1 Å². The zero-order valence-corrected chi connectivity index (χ0v) is 12.2. The van der Waals surface area contributed by atoms with Gasteiger partial charge >= 0.3 is 0 Å². The predicted molar refractivity (Wildman–Crippen MR) is 78.6 cm³/mol. The molecule has 0 saturated carbocycles. The first-order valence-corrected chi connectivity index (χ1v) is 6.64. The second kappa shape index (κ2) is 7.27. The Bertz CT molecular complexity index is 354. The van der Waals surface area contributed by atoms with Gasteiger partial charge in [0.2, 0.25) is 0 Å². The quantitative estimate of drug-likeness (QED) is 0.805. The predicted octanol–water partition coefficient (Wildman–Crippen LogP) is 2.77. The van der Waals surface area contributed by atoms with E-state index >= 15 is 0 Å². The number of benzene rings is 1. The molecule has 1 aromatic carbocycles. The lowest BCUT2D eigenvalue weighted by molar-refractivity contribution is 0.390. The van der Waals surface area contributed by atoms with Crippen LogP contribution in [0, 0.1) is 5.92 Å². The van der Waals surface area contributed by atoms with Crippen LogP contribution in [0.25, 0.3) is 0 Å². The van der Waals surface area contributed by atoms with Crippen LogP contribution in [0.2, 0.25) is 0 Å². The topological polar surface area (TPSA) is 24.5 Å². The Morgan fingerprint density at radius 3 is 2.67 bits per heavy atom. The summed E-state index contributed by atoms with van der Waals surface area (Å²) in [5.74, 6) is 1.58. The molecule has 1 aromatic rings. The van der Waals surface area contributed by atoms with E-state index in [0.29, 0.717) is 12.0 Å². The molecule has 18 heavy (non-hydrogen) atoms. The summed E-state index contributed by atoms with van der Waals surface area (Å²) >= 11 is 0. The maximum absolute atomic E-state index is 5.26. The van der Waals surface area contributed by atoms with Crippen molar-refractivity contribution in [2.75, 3.05) is 32.6 Å². The maximum atomic E-state index is 5.26. The van der Waals surface area contributed by atoms with Crippen molar-refractivity contribution < 1.29 is 4.74 Å². The molecule has 0 fully saturated rings. The zero-order valence-electron chi connectivity index (χ0n) is 12.2. The molecule has 0 heterocycles. The van der Waals surface area contributed by atoms with Gasteiger partial charge < -0.3 is 15.0 Å². The molecule has 102 valence electrons. The monoisotopic (exact) mass is 250 g/mol. The van der Waals surface area contributed by atoms with Gasteiger partial charge in [-0.3, -0.25) is 0 Å². The van der Waals surface area contributed by atoms with Crippen molar-refractivity contribution in [1.82, 2.24) is 5.32 Å². The van der Waals surface area contributed by atoms with E-state index in [4.69, 9.17) is 4.74 Å². The largest absolute Gasteiger partial charge is 0.497 e. The molecule has 2 atom stereocenters. The van der Waals surface area contributed by atoms with E-state index in [-0.39, 0.29) is 0 Å². The molecular weight excluding hydrogens is 224 g/mol. The van der Waals surface area contributed by atoms with Crippen LogP contribution >= 0.6 is 0 Å². The van der Waals surface area contributed by atoms with Gasteiger partial charge in [-0.25, -0.2) is 0 Å². The Morgan fingerprint density at radius 2 is 2.11 bits per heavy atom. The fourth-order valence-corrected chi connectivity index (χ4v) is 2.09. The number of methoxy groups -OCH3 is 1. The number of rotatable bonds is 7. The second-order valence-corrected chi connectivity index (χ2v) is 4.86. The molecule has 0 aliphatic rings. The lowest BCUT2D eigenvalue weighted by Gasteiger charge is -2.29. The highest BCUT2D eigenvalue weighted by molar-refractivity contribution is 5.50. The highest BCUT2D eigenvalue weighted by Crippen LogP contribution is 2.21. The van der Waals surface area contributed by atoms with Gasteiger partial charge in [0.15, 0.2) is 0 Å². The van der Waals surface area contributed by atoms with Crippen molar-refractivity contribution in [3.05, 3.63) is 24.3 Å². The summed E-state index contributed by atoms with van der Waals surface area (Å²) in [6.45, 7) is 5.53. The van der Waals surface area contributed by atoms with Crippen LogP contribution in [0.15, 0.2) is 24.3 Å². The Labute approximate surface area is 111 Å². The first kappa shape index (κ1) is 14.8. The van der Waals surface area contributed by atoms with E-state index < -0.39 is 0 Å². The van der Waals surface area contributed by atoms with Crippen LogP contribution < -0.4 is 15.0 Å². The van der Waals surface area contributed by atoms with Crippen molar-refractivity contribution in [3.8, 4) is 5.75 Å². The first-order chi connectivity index (χ1) is 8.62. The summed E-state index contributed by atoms with van der Waals surface area (Å²) in [4.78, 5) is 2.27. The molecule has 3 nitrogen and oxygen atoms in total. The number of nitrogens with one attached hydrogen (secondary N) is 1. The molecule has 2 unspecified atom stereocenters. The number of hydrogen-bond donors (Lipinski definition) is 1. The Balaban J connectivity index is 2.70. The van der Waals surface area contributed by atoms with Gasteiger partial charge in [0, 0.05) is 31.4 Å². The van der Waals surface area contributed by atoms with Crippen molar-refractivity contribution >= 4 is 5.69 Å². The minimum Gasteiger partial charge on any atom is -0.497 e. The summed E-state index contributed by atoms with van der Waals surface area (Å²) in [6, 6.07) is 8.70. The van der Waals surface area contributed by atoms with Crippen LogP contribution in [0.3, 0.4) is 0 Å². The van der Waals surface area contributed by atoms with Crippen LogP contribution in [0.1, 0.15) is 20.3 Å². The maximum Gasteiger partial charge on any atom is 0.120 e. The van der Waals surface area contributed by atoms with Gasteiger partial charge in [0.05, 0.1) is 7.11 Å². The molecule has 3 heteroatoms. The molecule has 1 rings (SSSR count). The summed E-state index contributed by atoms with van der Waals surface area (Å²) in [7, 11) is 5.87. The molecule has 0 aliphatic heterocycles. The van der Waals surface area contributed by atoms with Crippen molar-refractivity contribution in [3.63, 3.8) is 0 Å². The van der Waals surface area contributed by atoms with E-state index in [9.17, 15) is 0 Å². The van der Waals surface area contributed by atoms with E-state index in [0.717, 1.165) is 12.3 Å². The average Bonchev–Trinajstić information content (AvgIpc) is 2.43. The van der Waals surface area contributed by atoms with Gasteiger partial charge in [-0.15, -0.1) is 0 Å². The standard InChI is InChI=1S/C15H26N2O/c1-6-12(2)15(16-3)11-17(4)13-8-7-9-14(10-13)18-5/h7-10,12,15-16H,6,11H2,1-5H3. The Kier molecular flexibility index (Phi) is 5.99. The lowest BCUT2D eigenvalue weighted by atomic mass is 9.99. The van der Waals surface area contributed by atoms with Crippen LogP contribution in [0.4, 0.5) is 5.69 Å². The van der Waals surface area contributed by atoms with Crippen LogP contribution in [-0.2, 0) is 0 Å². The van der Waals surface area contributed by atoms with E-state index in [1.54, 1.807) is 7.11 Å². The SMILES string of the molecule is CCC(C)C(CN(C)c1cccc(OC)c1)NC. The molecule has 0 bridgehead atoms. The van der Waals surface area contributed by atoms with Gasteiger partial charge in [0.1, 0.15) is 5.75 Å². The summed E-state index contributed by atoms with van der Waals surface area (Å²) in [6.07, 6.45) is 1.19. The van der Waals surface area contributed by atoms with Gasteiger partial charge in [0.25, 0.3) is 0 Å². The van der Waals surface area contributed by atoms with E-state index in [2.05, 4.69) is 43.2 Å². The highest BCUT2D eigenvalue weighted by Gasteiger charge is 2.16. The molecule has 0 spiro atoms. The fourth-order valence-electron chi connectivity index (χ4n) is 2.09. The minimum absolute atomic E-state index is 0.506.